The van der Waals surface area contributed by atoms with E-state index in [-0.39, 0.29) is 11.8 Å². The molecule has 2 aliphatic rings. The Balaban J connectivity index is 1.74. The summed E-state index contributed by atoms with van der Waals surface area (Å²) < 4.78 is 5.38. The largest absolute Gasteiger partial charge is 0.355 e. The maximum Gasteiger partial charge on any atom is 0.258 e. The maximum absolute atomic E-state index is 12.2. The molecule has 2 saturated heterocycles. The number of nitrogens with zero attached hydrogens (tertiary/aromatic N) is 1. The molecule has 21 heavy (non-hydrogen) atoms. The molecule has 2 heterocycles. The SMILES string of the molecule is NCC#Cc1ccc(CN2C(=O)C3CCC(O3)C2=O)cc1. The van der Waals surface area contributed by atoms with Crippen LogP contribution in [0.25, 0.3) is 0 Å². The molecule has 2 fully saturated rings. The Labute approximate surface area is 123 Å². The molecule has 2 aliphatic heterocycles. The zero-order valence-electron chi connectivity index (χ0n) is 11.5. The van der Waals surface area contributed by atoms with Crippen LogP contribution in [-0.2, 0) is 20.9 Å². The molecule has 0 radical (unpaired) electrons. The van der Waals surface area contributed by atoms with Crippen LogP contribution in [0, 0.1) is 11.8 Å². The number of amides is 2. The second kappa shape index (κ2) is 5.68. The van der Waals surface area contributed by atoms with E-state index in [9.17, 15) is 9.59 Å². The molecule has 1 aromatic carbocycles. The lowest BCUT2D eigenvalue weighted by Crippen LogP contribution is -2.51. The van der Waals surface area contributed by atoms with Gasteiger partial charge in [0.25, 0.3) is 11.8 Å². The molecule has 3 rings (SSSR count). The van der Waals surface area contributed by atoms with Crippen molar-refractivity contribution in [3.63, 3.8) is 0 Å². The van der Waals surface area contributed by atoms with Crippen LogP contribution in [0.15, 0.2) is 24.3 Å². The van der Waals surface area contributed by atoms with E-state index in [2.05, 4.69) is 11.8 Å². The molecule has 2 unspecified atom stereocenters. The molecule has 5 nitrogen and oxygen atoms in total. The summed E-state index contributed by atoms with van der Waals surface area (Å²) in [4.78, 5) is 25.6. The molecule has 1 aromatic rings. The predicted octanol–water partition coefficient (Wildman–Crippen LogP) is 0.413. The van der Waals surface area contributed by atoms with Crippen LogP contribution in [0.1, 0.15) is 24.0 Å². The van der Waals surface area contributed by atoms with Gasteiger partial charge >= 0.3 is 0 Å². The third-order valence-corrected chi connectivity index (χ3v) is 3.73. The molecule has 2 bridgehead atoms. The van der Waals surface area contributed by atoms with E-state index in [1.807, 2.05) is 24.3 Å². The number of carbonyl (C=O) groups excluding carboxylic acids is 2. The quantitative estimate of drug-likeness (QED) is 0.631. The van der Waals surface area contributed by atoms with Crippen molar-refractivity contribution in [2.24, 2.45) is 5.73 Å². The van der Waals surface area contributed by atoms with E-state index in [0.29, 0.717) is 25.9 Å². The standard InChI is InChI=1S/C16H16N2O3/c17-9-1-2-11-3-5-12(6-4-11)10-18-15(19)13-7-8-14(21-13)16(18)20/h3-6,13-14H,7-10,17H2. The van der Waals surface area contributed by atoms with Crippen LogP contribution in [-0.4, -0.2) is 35.5 Å². The number of carbonyl (C=O) groups is 2. The van der Waals surface area contributed by atoms with Gasteiger partial charge in [0, 0.05) is 5.56 Å². The smallest absolute Gasteiger partial charge is 0.258 e. The van der Waals surface area contributed by atoms with E-state index in [4.69, 9.17) is 10.5 Å². The summed E-state index contributed by atoms with van der Waals surface area (Å²) in [5.41, 5.74) is 7.09. The maximum atomic E-state index is 12.2. The number of nitrogens with two attached hydrogens (primary N) is 1. The van der Waals surface area contributed by atoms with Gasteiger partial charge in [0.2, 0.25) is 0 Å². The van der Waals surface area contributed by atoms with Crippen LogP contribution in [0.4, 0.5) is 0 Å². The average molecular weight is 284 g/mol. The Morgan fingerprint density at radius 3 is 2.33 bits per heavy atom. The molecule has 5 heteroatoms. The first-order valence-corrected chi connectivity index (χ1v) is 6.97. The number of hydrogen-bond donors (Lipinski definition) is 1. The van der Waals surface area contributed by atoms with Crippen LogP contribution in [0.2, 0.25) is 0 Å². The number of fused-ring (bicyclic) bond motifs is 2. The summed E-state index contributed by atoms with van der Waals surface area (Å²) in [5, 5.41) is 0. The first-order valence-electron chi connectivity index (χ1n) is 6.97. The number of rotatable bonds is 2. The van der Waals surface area contributed by atoms with Crippen LogP contribution < -0.4 is 5.73 Å². The Kier molecular flexibility index (Phi) is 3.74. The zero-order chi connectivity index (χ0) is 14.8. The van der Waals surface area contributed by atoms with Gasteiger partial charge in [-0.2, -0.15) is 0 Å². The number of morpholine rings is 1. The summed E-state index contributed by atoms with van der Waals surface area (Å²) >= 11 is 0. The number of ether oxygens (including phenoxy) is 1. The van der Waals surface area contributed by atoms with Crippen LogP contribution >= 0.6 is 0 Å². The number of hydrogen-bond acceptors (Lipinski definition) is 4. The van der Waals surface area contributed by atoms with Gasteiger partial charge < -0.3 is 10.5 Å². The molecular formula is C16H16N2O3. The topological polar surface area (TPSA) is 72.6 Å². The zero-order valence-corrected chi connectivity index (χ0v) is 11.5. The first kappa shape index (κ1) is 13.8. The summed E-state index contributed by atoms with van der Waals surface area (Å²) in [7, 11) is 0. The van der Waals surface area contributed by atoms with Gasteiger partial charge in [0.05, 0.1) is 13.1 Å². The van der Waals surface area contributed by atoms with Crippen LogP contribution in [0.3, 0.4) is 0 Å². The molecule has 2 amide bonds. The van der Waals surface area contributed by atoms with E-state index in [0.717, 1.165) is 11.1 Å². The number of imide groups is 1. The fraction of sp³-hybridized carbons (Fsp3) is 0.375. The van der Waals surface area contributed by atoms with Gasteiger partial charge in [0.15, 0.2) is 0 Å². The highest BCUT2D eigenvalue weighted by atomic mass is 16.5. The van der Waals surface area contributed by atoms with Gasteiger partial charge in [-0.05, 0) is 30.5 Å². The molecule has 0 aliphatic carbocycles. The third-order valence-electron chi connectivity index (χ3n) is 3.73. The second-order valence-corrected chi connectivity index (χ2v) is 5.16. The minimum absolute atomic E-state index is 0.222. The molecule has 2 atom stereocenters. The number of likely N-dealkylation sites (tertiary alicyclic amines) is 1. The van der Waals surface area contributed by atoms with Gasteiger partial charge in [-0.15, -0.1) is 0 Å². The minimum Gasteiger partial charge on any atom is -0.355 e. The number of benzene rings is 1. The lowest BCUT2D eigenvalue weighted by atomic mass is 10.1. The monoisotopic (exact) mass is 284 g/mol. The lowest BCUT2D eigenvalue weighted by molar-refractivity contribution is -0.169. The Morgan fingerprint density at radius 2 is 1.76 bits per heavy atom. The fourth-order valence-corrected chi connectivity index (χ4v) is 2.64. The average Bonchev–Trinajstić information content (AvgIpc) is 2.96. The Hall–Kier alpha value is -2.16. The third kappa shape index (κ3) is 2.68. The minimum atomic E-state index is -0.442. The van der Waals surface area contributed by atoms with E-state index in [1.54, 1.807) is 0 Å². The Bertz CT molecular complexity index is 605. The summed E-state index contributed by atoms with van der Waals surface area (Å²) in [6, 6.07) is 7.47. The lowest BCUT2D eigenvalue weighted by Gasteiger charge is -2.29. The van der Waals surface area contributed by atoms with Crippen molar-refractivity contribution in [2.75, 3.05) is 6.54 Å². The summed E-state index contributed by atoms with van der Waals surface area (Å²) in [5.74, 6) is 5.27. The van der Waals surface area contributed by atoms with Gasteiger partial charge in [-0.1, -0.05) is 24.0 Å². The van der Waals surface area contributed by atoms with E-state index in [1.165, 1.54) is 4.90 Å². The van der Waals surface area contributed by atoms with Crippen molar-refractivity contribution in [3.05, 3.63) is 35.4 Å². The van der Waals surface area contributed by atoms with Crippen molar-refractivity contribution in [1.29, 1.82) is 0 Å². The molecule has 0 spiro atoms. The summed E-state index contributed by atoms with van der Waals surface area (Å²) in [6.07, 6.45) is 0.392. The molecule has 108 valence electrons. The van der Waals surface area contributed by atoms with Gasteiger partial charge in [0.1, 0.15) is 12.2 Å². The highest BCUT2D eigenvalue weighted by Gasteiger charge is 2.46. The normalized spacial score (nSPS) is 24.0. The fourth-order valence-electron chi connectivity index (χ4n) is 2.64. The van der Waals surface area contributed by atoms with Gasteiger partial charge in [-0.25, -0.2) is 0 Å². The van der Waals surface area contributed by atoms with Crippen molar-refractivity contribution in [3.8, 4) is 11.8 Å². The van der Waals surface area contributed by atoms with Crippen molar-refractivity contribution < 1.29 is 14.3 Å². The van der Waals surface area contributed by atoms with Gasteiger partial charge in [-0.3, -0.25) is 14.5 Å². The van der Waals surface area contributed by atoms with Crippen LogP contribution in [0.5, 0.6) is 0 Å². The van der Waals surface area contributed by atoms with Crippen molar-refractivity contribution >= 4 is 11.8 Å². The molecule has 0 aromatic heterocycles. The first-order chi connectivity index (χ1) is 10.2. The molecule has 0 saturated carbocycles. The second-order valence-electron chi connectivity index (χ2n) is 5.16. The molecule has 2 N–H and O–H groups in total. The van der Waals surface area contributed by atoms with Crippen molar-refractivity contribution in [2.45, 2.75) is 31.6 Å². The van der Waals surface area contributed by atoms with E-state index < -0.39 is 12.2 Å². The highest BCUT2D eigenvalue weighted by molar-refractivity contribution is 6.02. The highest BCUT2D eigenvalue weighted by Crippen LogP contribution is 2.29. The van der Waals surface area contributed by atoms with Crippen molar-refractivity contribution in [1.82, 2.24) is 4.90 Å². The predicted molar refractivity (Wildman–Crippen MR) is 75.8 cm³/mol. The molecular weight excluding hydrogens is 268 g/mol. The summed E-state index contributed by atoms with van der Waals surface area (Å²) in [6.45, 7) is 0.611. The van der Waals surface area contributed by atoms with E-state index >= 15 is 0 Å². The Morgan fingerprint density at radius 1 is 1.14 bits per heavy atom.